The molecule has 128 valence electrons. The zero-order valence-electron chi connectivity index (χ0n) is 13.8. The van der Waals surface area contributed by atoms with Crippen LogP contribution in [0.25, 0.3) is 0 Å². The van der Waals surface area contributed by atoms with Crippen molar-refractivity contribution in [3.8, 4) is 0 Å². The molecule has 0 radical (unpaired) electrons. The van der Waals surface area contributed by atoms with E-state index in [1.54, 1.807) is 12.4 Å². The third-order valence-corrected chi connectivity index (χ3v) is 5.71. The van der Waals surface area contributed by atoms with E-state index in [4.69, 9.17) is 0 Å². The fourth-order valence-electron chi connectivity index (χ4n) is 2.59. The first-order valence-electron chi connectivity index (χ1n) is 8.03. The van der Waals surface area contributed by atoms with E-state index in [0.717, 1.165) is 17.7 Å². The maximum atomic E-state index is 11.5. The predicted molar refractivity (Wildman–Crippen MR) is 94.5 cm³/mol. The smallest absolute Gasteiger partial charge is 0.222 e. The molecule has 1 aromatic heterocycles. The summed E-state index contributed by atoms with van der Waals surface area (Å²) in [6.45, 7) is 4.67. The lowest BCUT2D eigenvalue weighted by molar-refractivity contribution is 0.287. The van der Waals surface area contributed by atoms with Gasteiger partial charge < -0.3 is 5.32 Å². The molecular weight excluding hydrogens is 324 g/mol. The summed E-state index contributed by atoms with van der Waals surface area (Å²) in [5.74, 6) is 1.16. The molecule has 0 spiro atoms. The van der Waals surface area contributed by atoms with Gasteiger partial charge in [0, 0.05) is 38.6 Å². The molecule has 0 bridgehead atoms. The van der Waals surface area contributed by atoms with E-state index in [2.05, 4.69) is 44.5 Å². The molecule has 1 N–H and O–H groups in total. The normalized spacial score (nSPS) is 17.5. The largest absolute Gasteiger partial charge is 0.350 e. The molecule has 0 amide bonds. The summed E-state index contributed by atoms with van der Waals surface area (Å²) >= 11 is 0. The predicted octanol–water partition coefficient (Wildman–Crippen LogP) is 1.63. The summed E-state index contributed by atoms with van der Waals surface area (Å²) in [7, 11) is -2.81. The SMILES string of the molecule is Cc1cnc(NCc2ccc(CN3CCS(=O)(=O)CC3)cc2)nc1. The van der Waals surface area contributed by atoms with Gasteiger partial charge in [-0.2, -0.15) is 0 Å². The third-order valence-electron chi connectivity index (χ3n) is 4.10. The summed E-state index contributed by atoms with van der Waals surface area (Å²) in [5.41, 5.74) is 3.39. The minimum absolute atomic E-state index is 0.269. The Bertz CT molecular complexity index is 759. The second-order valence-corrected chi connectivity index (χ2v) is 8.49. The van der Waals surface area contributed by atoms with Crippen molar-refractivity contribution < 1.29 is 8.42 Å². The van der Waals surface area contributed by atoms with Crippen LogP contribution in [0.1, 0.15) is 16.7 Å². The minimum Gasteiger partial charge on any atom is -0.350 e. The molecule has 0 aliphatic carbocycles. The quantitative estimate of drug-likeness (QED) is 0.887. The Labute approximate surface area is 142 Å². The van der Waals surface area contributed by atoms with Crippen molar-refractivity contribution >= 4 is 15.8 Å². The van der Waals surface area contributed by atoms with E-state index < -0.39 is 9.84 Å². The topological polar surface area (TPSA) is 75.2 Å². The number of benzene rings is 1. The highest BCUT2D eigenvalue weighted by molar-refractivity contribution is 7.91. The van der Waals surface area contributed by atoms with Crippen LogP contribution in [0.15, 0.2) is 36.7 Å². The Kier molecular flexibility index (Phi) is 5.11. The number of hydrogen-bond donors (Lipinski definition) is 1. The molecule has 7 heteroatoms. The van der Waals surface area contributed by atoms with Gasteiger partial charge in [-0.3, -0.25) is 4.90 Å². The van der Waals surface area contributed by atoms with Gasteiger partial charge >= 0.3 is 0 Å². The van der Waals surface area contributed by atoms with E-state index in [9.17, 15) is 8.42 Å². The van der Waals surface area contributed by atoms with Crippen LogP contribution in [-0.2, 0) is 22.9 Å². The van der Waals surface area contributed by atoms with Gasteiger partial charge in [0.1, 0.15) is 0 Å². The van der Waals surface area contributed by atoms with E-state index in [-0.39, 0.29) is 11.5 Å². The van der Waals surface area contributed by atoms with Gasteiger partial charge in [0.2, 0.25) is 5.95 Å². The molecule has 1 aliphatic rings. The molecule has 2 aromatic rings. The monoisotopic (exact) mass is 346 g/mol. The lowest BCUT2D eigenvalue weighted by Gasteiger charge is -2.26. The van der Waals surface area contributed by atoms with Crippen LogP contribution in [0.4, 0.5) is 5.95 Å². The standard InChI is InChI=1S/C17H22N4O2S/c1-14-10-18-17(19-11-14)20-12-15-2-4-16(5-3-15)13-21-6-8-24(22,23)9-7-21/h2-5,10-11H,6-9,12-13H2,1H3,(H,18,19,20). The molecule has 6 nitrogen and oxygen atoms in total. The number of anilines is 1. The number of nitrogens with one attached hydrogen (secondary N) is 1. The summed E-state index contributed by atoms with van der Waals surface area (Å²) in [4.78, 5) is 10.6. The van der Waals surface area contributed by atoms with Crippen molar-refractivity contribution in [2.24, 2.45) is 0 Å². The highest BCUT2D eigenvalue weighted by atomic mass is 32.2. The Hall–Kier alpha value is -1.99. The summed E-state index contributed by atoms with van der Waals surface area (Å²) < 4.78 is 22.9. The number of aromatic nitrogens is 2. The Balaban J connectivity index is 1.51. The number of sulfone groups is 1. The molecule has 0 saturated carbocycles. The Morgan fingerprint density at radius 3 is 2.25 bits per heavy atom. The lowest BCUT2D eigenvalue weighted by atomic mass is 10.1. The number of hydrogen-bond acceptors (Lipinski definition) is 6. The lowest BCUT2D eigenvalue weighted by Crippen LogP contribution is -2.39. The van der Waals surface area contributed by atoms with Crippen LogP contribution < -0.4 is 5.32 Å². The van der Waals surface area contributed by atoms with Crippen molar-refractivity contribution in [2.45, 2.75) is 20.0 Å². The molecule has 1 aliphatic heterocycles. The molecule has 1 saturated heterocycles. The van der Waals surface area contributed by atoms with Gasteiger partial charge in [-0.15, -0.1) is 0 Å². The van der Waals surface area contributed by atoms with Gasteiger partial charge in [-0.25, -0.2) is 18.4 Å². The van der Waals surface area contributed by atoms with Gasteiger partial charge in [0.15, 0.2) is 9.84 Å². The molecule has 1 fully saturated rings. The fraction of sp³-hybridized carbons (Fsp3) is 0.412. The fourth-order valence-corrected chi connectivity index (χ4v) is 3.87. The Morgan fingerprint density at radius 2 is 1.62 bits per heavy atom. The molecular formula is C17H22N4O2S. The zero-order valence-corrected chi connectivity index (χ0v) is 14.6. The van der Waals surface area contributed by atoms with Crippen LogP contribution in [-0.4, -0.2) is 47.9 Å². The zero-order chi connectivity index (χ0) is 17.0. The average Bonchev–Trinajstić information content (AvgIpc) is 2.58. The first kappa shape index (κ1) is 16.9. The minimum atomic E-state index is -2.81. The van der Waals surface area contributed by atoms with Gasteiger partial charge in [0.05, 0.1) is 11.5 Å². The maximum absolute atomic E-state index is 11.5. The van der Waals surface area contributed by atoms with Gasteiger partial charge in [-0.05, 0) is 23.6 Å². The highest BCUT2D eigenvalue weighted by Gasteiger charge is 2.21. The molecule has 2 heterocycles. The van der Waals surface area contributed by atoms with E-state index in [1.807, 2.05) is 6.92 Å². The van der Waals surface area contributed by atoms with Gasteiger partial charge in [-0.1, -0.05) is 24.3 Å². The molecule has 0 unspecified atom stereocenters. The van der Waals surface area contributed by atoms with Crippen LogP contribution in [0.3, 0.4) is 0 Å². The first-order valence-corrected chi connectivity index (χ1v) is 9.85. The van der Waals surface area contributed by atoms with E-state index >= 15 is 0 Å². The van der Waals surface area contributed by atoms with Crippen molar-refractivity contribution in [1.82, 2.24) is 14.9 Å². The van der Waals surface area contributed by atoms with Crippen LogP contribution >= 0.6 is 0 Å². The van der Waals surface area contributed by atoms with Crippen molar-refractivity contribution in [2.75, 3.05) is 29.9 Å². The maximum Gasteiger partial charge on any atom is 0.222 e. The van der Waals surface area contributed by atoms with Crippen molar-refractivity contribution in [3.05, 3.63) is 53.3 Å². The molecule has 0 atom stereocenters. The third kappa shape index (κ3) is 4.75. The summed E-state index contributed by atoms with van der Waals surface area (Å²) in [6.07, 6.45) is 3.58. The summed E-state index contributed by atoms with van der Waals surface area (Å²) in [5, 5.41) is 3.20. The summed E-state index contributed by atoms with van der Waals surface area (Å²) in [6, 6.07) is 8.35. The van der Waals surface area contributed by atoms with E-state index in [0.29, 0.717) is 25.6 Å². The Morgan fingerprint density at radius 1 is 1.04 bits per heavy atom. The van der Waals surface area contributed by atoms with Crippen LogP contribution in [0.2, 0.25) is 0 Å². The number of nitrogens with zero attached hydrogens (tertiary/aromatic N) is 3. The molecule has 3 rings (SSSR count). The van der Waals surface area contributed by atoms with Crippen molar-refractivity contribution in [3.63, 3.8) is 0 Å². The van der Waals surface area contributed by atoms with E-state index in [1.165, 1.54) is 5.56 Å². The molecule has 1 aromatic carbocycles. The number of aryl methyl sites for hydroxylation is 1. The second kappa shape index (κ2) is 7.27. The van der Waals surface area contributed by atoms with Crippen LogP contribution in [0.5, 0.6) is 0 Å². The first-order chi connectivity index (χ1) is 11.5. The van der Waals surface area contributed by atoms with Crippen LogP contribution in [0, 0.1) is 6.92 Å². The number of rotatable bonds is 5. The average molecular weight is 346 g/mol. The second-order valence-electron chi connectivity index (χ2n) is 6.18. The molecule has 24 heavy (non-hydrogen) atoms. The van der Waals surface area contributed by atoms with Gasteiger partial charge in [0.25, 0.3) is 0 Å². The highest BCUT2D eigenvalue weighted by Crippen LogP contribution is 2.12. The van der Waals surface area contributed by atoms with Crippen molar-refractivity contribution in [1.29, 1.82) is 0 Å².